The van der Waals surface area contributed by atoms with Gasteiger partial charge in [-0.15, -0.1) is 0 Å². The van der Waals surface area contributed by atoms with E-state index in [-0.39, 0.29) is 5.97 Å². The third kappa shape index (κ3) is 4.42. The molecule has 0 rings (SSSR count). The van der Waals surface area contributed by atoms with Gasteiger partial charge in [0.15, 0.2) is 0 Å². The molecule has 0 saturated carbocycles. The highest BCUT2D eigenvalue weighted by Gasteiger charge is 2.15. The van der Waals surface area contributed by atoms with Crippen molar-refractivity contribution in [2.75, 3.05) is 6.73 Å². The Kier molecular flexibility index (Phi) is 5.46. The lowest BCUT2D eigenvalue weighted by atomic mass is 10.2. The van der Waals surface area contributed by atoms with E-state index in [1.54, 1.807) is 6.92 Å². The van der Waals surface area contributed by atoms with E-state index < -0.39 is 0 Å². The van der Waals surface area contributed by atoms with Gasteiger partial charge in [-0.05, 0) is 34.6 Å². The van der Waals surface area contributed by atoms with Crippen molar-refractivity contribution in [3.05, 3.63) is 12.2 Å². The van der Waals surface area contributed by atoms with Crippen molar-refractivity contribution < 1.29 is 9.53 Å². The fourth-order valence-corrected chi connectivity index (χ4v) is 1.15. The van der Waals surface area contributed by atoms with Crippen LogP contribution in [-0.4, -0.2) is 29.7 Å². The van der Waals surface area contributed by atoms with Gasteiger partial charge in [0.25, 0.3) is 0 Å². The van der Waals surface area contributed by atoms with E-state index in [4.69, 9.17) is 4.74 Å². The zero-order valence-electron chi connectivity index (χ0n) is 9.83. The Hall–Kier alpha value is -0.830. The van der Waals surface area contributed by atoms with E-state index in [0.717, 1.165) is 0 Å². The van der Waals surface area contributed by atoms with Crippen LogP contribution in [0, 0.1) is 0 Å². The molecule has 0 atom stereocenters. The standard InChI is InChI=1S/C11H21NO2/c1-8(2)11(13)14-7-12(9(3)4)10(5)6/h9-10H,1,7H2,2-6H3. The van der Waals surface area contributed by atoms with Gasteiger partial charge in [0.05, 0.1) is 0 Å². The molecule has 0 amide bonds. The van der Waals surface area contributed by atoms with Crippen molar-refractivity contribution in [1.82, 2.24) is 4.90 Å². The molecule has 0 fully saturated rings. The van der Waals surface area contributed by atoms with Crippen LogP contribution in [0.25, 0.3) is 0 Å². The molecule has 3 heteroatoms. The number of rotatable bonds is 5. The summed E-state index contributed by atoms with van der Waals surface area (Å²) in [6.07, 6.45) is 0. The molecule has 0 N–H and O–H groups in total. The van der Waals surface area contributed by atoms with Gasteiger partial charge in [0.1, 0.15) is 6.73 Å². The Labute approximate surface area is 86.7 Å². The first-order valence-corrected chi connectivity index (χ1v) is 4.94. The number of ether oxygens (including phenoxy) is 1. The number of hydrogen-bond acceptors (Lipinski definition) is 3. The molecule has 0 aromatic carbocycles. The predicted molar refractivity (Wildman–Crippen MR) is 57.9 cm³/mol. The van der Waals surface area contributed by atoms with Crippen LogP contribution < -0.4 is 0 Å². The number of carbonyl (C=O) groups excluding carboxylic acids is 1. The van der Waals surface area contributed by atoms with Crippen LogP contribution >= 0.6 is 0 Å². The fraction of sp³-hybridized carbons (Fsp3) is 0.727. The molecule has 0 aliphatic heterocycles. The summed E-state index contributed by atoms with van der Waals surface area (Å²) in [5, 5.41) is 0. The molecule has 0 unspecified atom stereocenters. The zero-order chi connectivity index (χ0) is 11.3. The average Bonchev–Trinajstić information content (AvgIpc) is 2.02. The van der Waals surface area contributed by atoms with Gasteiger partial charge in [0.2, 0.25) is 0 Å². The molecule has 0 saturated heterocycles. The Balaban J connectivity index is 4.07. The second-order valence-corrected chi connectivity index (χ2v) is 4.04. The Morgan fingerprint density at radius 2 is 1.71 bits per heavy atom. The monoisotopic (exact) mass is 199 g/mol. The van der Waals surface area contributed by atoms with Crippen molar-refractivity contribution in [1.29, 1.82) is 0 Å². The molecule has 0 aromatic heterocycles. The molecule has 0 bridgehead atoms. The van der Waals surface area contributed by atoms with Gasteiger partial charge in [-0.2, -0.15) is 0 Å². The van der Waals surface area contributed by atoms with Gasteiger partial charge in [0, 0.05) is 17.7 Å². The van der Waals surface area contributed by atoms with Crippen molar-refractivity contribution in [2.45, 2.75) is 46.7 Å². The van der Waals surface area contributed by atoms with Crippen LogP contribution in [0.4, 0.5) is 0 Å². The lowest BCUT2D eigenvalue weighted by Crippen LogP contribution is -2.39. The number of esters is 1. The molecule has 0 aromatic rings. The summed E-state index contributed by atoms with van der Waals surface area (Å²) in [5.41, 5.74) is 0.442. The average molecular weight is 199 g/mol. The maximum Gasteiger partial charge on any atom is 0.334 e. The molecule has 3 nitrogen and oxygen atoms in total. The smallest absolute Gasteiger partial charge is 0.334 e. The van der Waals surface area contributed by atoms with Gasteiger partial charge < -0.3 is 4.74 Å². The highest BCUT2D eigenvalue weighted by Crippen LogP contribution is 2.05. The number of nitrogens with zero attached hydrogens (tertiary/aromatic N) is 1. The number of carbonyl (C=O) groups is 1. The van der Waals surface area contributed by atoms with E-state index >= 15 is 0 Å². The highest BCUT2D eigenvalue weighted by atomic mass is 16.5. The molecular weight excluding hydrogens is 178 g/mol. The van der Waals surface area contributed by atoms with Crippen LogP contribution in [0.5, 0.6) is 0 Å². The lowest BCUT2D eigenvalue weighted by Gasteiger charge is -2.29. The maximum absolute atomic E-state index is 11.1. The van der Waals surface area contributed by atoms with Crippen molar-refractivity contribution >= 4 is 5.97 Å². The van der Waals surface area contributed by atoms with Gasteiger partial charge in [-0.1, -0.05) is 6.58 Å². The van der Waals surface area contributed by atoms with E-state index in [1.807, 2.05) is 0 Å². The minimum Gasteiger partial charge on any atom is -0.446 e. The van der Waals surface area contributed by atoms with E-state index in [9.17, 15) is 4.79 Å². The van der Waals surface area contributed by atoms with Gasteiger partial charge >= 0.3 is 5.97 Å². The Morgan fingerprint density at radius 1 is 1.29 bits per heavy atom. The highest BCUT2D eigenvalue weighted by molar-refractivity contribution is 5.86. The minimum atomic E-state index is -0.323. The first-order valence-electron chi connectivity index (χ1n) is 4.94. The third-order valence-corrected chi connectivity index (χ3v) is 2.02. The van der Waals surface area contributed by atoms with Crippen molar-refractivity contribution in [3.8, 4) is 0 Å². The summed E-state index contributed by atoms with van der Waals surface area (Å²) < 4.78 is 5.08. The summed E-state index contributed by atoms with van der Waals surface area (Å²) in [4.78, 5) is 13.2. The van der Waals surface area contributed by atoms with Crippen LogP contribution in [-0.2, 0) is 9.53 Å². The molecular formula is C11H21NO2. The van der Waals surface area contributed by atoms with E-state index in [2.05, 4.69) is 39.2 Å². The second kappa shape index (κ2) is 5.81. The van der Waals surface area contributed by atoms with Crippen molar-refractivity contribution in [2.24, 2.45) is 0 Å². The van der Waals surface area contributed by atoms with Crippen molar-refractivity contribution in [3.63, 3.8) is 0 Å². The summed E-state index contributed by atoms with van der Waals surface area (Å²) in [6.45, 7) is 13.8. The second-order valence-electron chi connectivity index (χ2n) is 4.04. The summed E-state index contributed by atoms with van der Waals surface area (Å²) in [7, 11) is 0. The molecule has 0 radical (unpaired) electrons. The topological polar surface area (TPSA) is 29.5 Å². The SMILES string of the molecule is C=C(C)C(=O)OCN(C(C)C)C(C)C. The molecule has 0 aliphatic carbocycles. The minimum absolute atomic E-state index is 0.323. The predicted octanol–water partition coefficient (Wildman–Crippen LogP) is 2.18. The molecule has 0 heterocycles. The molecule has 0 aliphatic rings. The first kappa shape index (κ1) is 13.2. The van der Waals surface area contributed by atoms with Crippen LogP contribution in [0.3, 0.4) is 0 Å². The summed E-state index contributed by atoms with van der Waals surface area (Å²) >= 11 is 0. The third-order valence-electron chi connectivity index (χ3n) is 2.02. The maximum atomic E-state index is 11.1. The van der Waals surface area contributed by atoms with Crippen LogP contribution in [0.2, 0.25) is 0 Å². The quantitative estimate of drug-likeness (QED) is 0.386. The summed E-state index contributed by atoms with van der Waals surface area (Å²) in [5.74, 6) is -0.323. The lowest BCUT2D eigenvalue weighted by molar-refractivity contribution is -0.145. The van der Waals surface area contributed by atoms with E-state index in [0.29, 0.717) is 24.4 Å². The fourth-order valence-electron chi connectivity index (χ4n) is 1.15. The van der Waals surface area contributed by atoms with Crippen LogP contribution in [0.15, 0.2) is 12.2 Å². The van der Waals surface area contributed by atoms with Gasteiger partial charge in [-0.3, -0.25) is 4.90 Å². The van der Waals surface area contributed by atoms with Gasteiger partial charge in [-0.25, -0.2) is 4.79 Å². The summed E-state index contributed by atoms with van der Waals surface area (Å²) in [6, 6.07) is 0.737. The molecule has 14 heavy (non-hydrogen) atoms. The zero-order valence-corrected chi connectivity index (χ0v) is 9.83. The Morgan fingerprint density at radius 3 is 2.00 bits per heavy atom. The number of hydrogen-bond donors (Lipinski definition) is 0. The first-order chi connectivity index (χ1) is 6.36. The largest absolute Gasteiger partial charge is 0.446 e. The van der Waals surface area contributed by atoms with E-state index in [1.165, 1.54) is 0 Å². The Bertz CT molecular complexity index is 201. The van der Waals surface area contributed by atoms with Crippen LogP contribution in [0.1, 0.15) is 34.6 Å². The normalized spacial score (nSPS) is 11.1. The molecule has 82 valence electrons. The molecule has 0 spiro atoms.